The van der Waals surface area contributed by atoms with Crippen LogP contribution in [-0.2, 0) is 0 Å². The zero-order valence-electron chi connectivity index (χ0n) is 14.4. The molecule has 0 radical (unpaired) electrons. The van der Waals surface area contributed by atoms with E-state index in [0.29, 0.717) is 0 Å². The average Bonchev–Trinajstić information content (AvgIpc) is 2.56. The number of anilines is 1. The molecule has 1 atom stereocenters. The van der Waals surface area contributed by atoms with Gasteiger partial charge in [0.2, 0.25) is 0 Å². The van der Waals surface area contributed by atoms with E-state index in [0.717, 1.165) is 32.5 Å². The number of nitrogens with one attached hydrogen (secondary N) is 1. The molecule has 0 saturated carbocycles. The number of ether oxygens (including phenoxy) is 1. The molecule has 1 N–H and O–H groups in total. The Bertz CT molecular complexity index is 892. The average molecular weight is 385 g/mol. The molecular formula is C20H21BrN2O. The maximum Gasteiger partial charge on any atom is 0.145 e. The van der Waals surface area contributed by atoms with E-state index in [1.54, 1.807) is 7.11 Å². The molecule has 0 amide bonds. The second-order valence-electron chi connectivity index (χ2n) is 6.04. The first-order valence-corrected chi connectivity index (χ1v) is 8.76. The number of pyridine rings is 1. The molecule has 24 heavy (non-hydrogen) atoms. The summed E-state index contributed by atoms with van der Waals surface area (Å²) in [5, 5.41) is 4.70. The van der Waals surface area contributed by atoms with E-state index < -0.39 is 0 Å². The fourth-order valence-electron chi connectivity index (χ4n) is 2.89. The SMILES string of the molecule is COc1cccc2c(N[C@H](C)c3ccc(Br)c(C)c3)cc(C)nc12. The molecule has 2 aromatic carbocycles. The predicted octanol–water partition coefficient (Wildman–Crippen LogP) is 5.80. The molecule has 0 spiro atoms. The minimum Gasteiger partial charge on any atom is -0.494 e. The van der Waals surface area contributed by atoms with Crippen molar-refractivity contribution in [3.63, 3.8) is 0 Å². The van der Waals surface area contributed by atoms with Crippen molar-refractivity contribution >= 4 is 32.5 Å². The minimum absolute atomic E-state index is 0.188. The van der Waals surface area contributed by atoms with E-state index in [-0.39, 0.29) is 6.04 Å². The fraction of sp³-hybridized carbons (Fsp3) is 0.250. The smallest absolute Gasteiger partial charge is 0.145 e. The van der Waals surface area contributed by atoms with Gasteiger partial charge in [0.05, 0.1) is 7.11 Å². The molecule has 0 bridgehead atoms. The molecular weight excluding hydrogens is 364 g/mol. The number of methoxy groups -OCH3 is 1. The Labute approximate surface area is 151 Å². The second kappa shape index (κ2) is 6.81. The van der Waals surface area contributed by atoms with E-state index in [4.69, 9.17) is 4.74 Å². The third-order valence-corrected chi connectivity index (χ3v) is 5.09. The monoisotopic (exact) mass is 384 g/mol. The van der Waals surface area contributed by atoms with Gasteiger partial charge in [0.1, 0.15) is 11.3 Å². The third kappa shape index (κ3) is 3.24. The topological polar surface area (TPSA) is 34.1 Å². The van der Waals surface area contributed by atoms with Crippen LogP contribution in [0.1, 0.15) is 29.8 Å². The summed E-state index contributed by atoms with van der Waals surface area (Å²) in [7, 11) is 1.68. The van der Waals surface area contributed by atoms with Crippen LogP contribution in [0, 0.1) is 13.8 Å². The molecule has 0 saturated heterocycles. The van der Waals surface area contributed by atoms with Gasteiger partial charge in [0.15, 0.2) is 0 Å². The van der Waals surface area contributed by atoms with Crippen molar-refractivity contribution in [3.05, 3.63) is 63.8 Å². The van der Waals surface area contributed by atoms with Gasteiger partial charge in [-0.25, -0.2) is 4.98 Å². The predicted molar refractivity (Wildman–Crippen MR) is 104 cm³/mol. The van der Waals surface area contributed by atoms with Gasteiger partial charge < -0.3 is 10.1 Å². The van der Waals surface area contributed by atoms with Crippen LogP contribution in [0.25, 0.3) is 10.9 Å². The number of hydrogen-bond donors (Lipinski definition) is 1. The molecule has 0 aliphatic heterocycles. The van der Waals surface area contributed by atoms with E-state index >= 15 is 0 Å². The van der Waals surface area contributed by atoms with Gasteiger partial charge in [-0.1, -0.05) is 40.2 Å². The Hall–Kier alpha value is -2.07. The quantitative estimate of drug-likeness (QED) is 0.617. The Kier molecular flexibility index (Phi) is 4.76. The highest BCUT2D eigenvalue weighted by atomic mass is 79.9. The zero-order valence-corrected chi connectivity index (χ0v) is 15.9. The standard InChI is InChI=1S/C20H21BrN2O/c1-12-10-15(8-9-17(12)21)14(3)23-18-11-13(2)22-20-16(18)6-5-7-19(20)24-4/h5-11,14H,1-4H3,(H,22,23)/t14-/m1/s1. The lowest BCUT2D eigenvalue weighted by Crippen LogP contribution is -2.08. The maximum absolute atomic E-state index is 5.46. The molecule has 1 aromatic heterocycles. The number of para-hydroxylation sites is 1. The van der Waals surface area contributed by atoms with Gasteiger partial charge >= 0.3 is 0 Å². The molecule has 124 valence electrons. The summed E-state index contributed by atoms with van der Waals surface area (Å²) in [4.78, 5) is 4.64. The lowest BCUT2D eigenvalue weighted by atomic mass is 10.0. The summed E-state index contributed by atoms with van der Waals surface area (Å²) in [6, 6.07) is 14.7. The number of aromatic nitrogens is 1. The molecule has 1 heterocycles. The highest BCUT2D eigenvalue weighted by molar-refractivity contribution is 9.10. The minimum atomic E-state index is 0.188. The molecule has 3 aromatic rings. The van der Waals surface area contributed by atoms with Gasteiger partial charge in [0, 0.05) is 27.3 Å². The van der Waals surface area contributed by atoms with E-state index in [2.05, 4.69) is 70.4 Å². The van der Waals surface area contributed by atoms with E-state index in [1.165, 1.54) is 11.1 Å². The molecule has 0 unspecified atom stereocenters. The van der Waals surface area contributed by atoms with Crippen molar-refractivity contribution in [1.82, 2.24) is 4.98 Å². The first kappa shape index (κ1) is 16.8. The maximum atomic E-state index is 5.46. The molecule has 0 aliphatic carbocycles. The summed E-state index contributed by atoms with van der Waals surface area (Å²) >= 11 is 3.56. The second-order valence-corrected chi connectivity index (χ2v) is 6.90. The normalized spacial score (nSPS) is 12.2. The third-order valence-electron chi connectivity index (χ3n) is 4.20. The highest BCUT2D eigenvalue weighted by Crippen LogP contribution is 2.32. The van der Waals surface area contributed by atoms with Gasteiger partial charge in [-0.3, -0.25) is 0 Å². The van der Waals surface area contributed by atoms with Crippen molar-refractivity contribution in [3.8, 4) is 5.75 Å². The highest BCUT2D eigenvalue weighted by Gasteiger charge is 2.12. The summed E-state index contributed by atoms with van der Waals surface area (Å²) in [5.74, 6) is 0.798. The van der Waals surface area contributed by atoms with Gasteiger partial charge in [-0.15, -0.1) is 0 Å². The molecule has 0 aliphatic rings. The van der Waals surface area contributed by atoms with Crippen LogP contribution in [0.4, 0.5) is 5.69 Å². The Morgan fingerprint density at radius 3 is 2.62 bits per heavy atom. The number of aryl methyl sites for hydroxylation is 2. The van der Waals surface area contributed by atoms with Crippen LogP contribution >= 0.6 is 15.9 Å². The largest absolute Gasteiger partial charge is 0.494 e. The van der Waals surface area contributed by atoms with Crippen LogP contribution in [-0.4, -0.2) is 12.1 Å². The first-order chi connectivity index (χ1) is 11.5. The van der Waals surface area contributed by atoms with Gasteiger partial charge in [-0.05, 0) is 50.1 Å². The van der Waals surface area contributed by atoms with Gasteiger partial charge in [0.25, 0.3) is 0 Å². The molecule has 3 rings (SSSR count). The lowest BCUT2D eigenvalue weighted by Gasteiger charge is -2.19. The number of rotatable bonds is 4. The van der Waals surface area contributed by atoms with Crippen LogP contribution in [0.15, 0.2) is 46.9 Å². The van der Waals surface area contributed by atoms with E-state index in [1.807, 2.05) is 19.1 Å². The van der Waals surface area contributed by atoms with Crippen molar-refractivity contribution in [2.24, 2.45) is 0 Å². The molecule has 4 heteroatoms. The van der Waals surface area contributed by atoms with Crippen molar-refractivity contribution in [1.29, 1.82) is 0 Å². The van der Waals surface area contributed by atoms with Gasteiger partial charge in [-0.2, -0.15) is 0 Å². The Morgan fingerprint density at radius 1 is 1.12 bits per heavy atom. The number of fused-ring (bicyclic) bond motifs is 1. The summed E-state index contributed by atoms with van der Waals surface area (Å²) in [6.07, 6.45) is 0. The number of benzene rings is 2. The van der Waals surface area contributed by atoms with Crippen LogP contribution in [0.2, 0.25) is 0 Å². The van der Waals surface area contributed by atoms with Crippen LogP contribution in [0.5, 0.6) is 5.75 Å². The van der Waals surface area contributed by atoms with Crippen LogP contribution < -0.4 is 10.1 Å². The van der Waals surface area contributed by atoms with Crippen LogP contribution in [0.3, 0.4) is 0 Å². The summed E-state index contributed by atoms with van der Waals surface area (Å²) < 4.78 is 6.59. The Morgan fingerprint density at radius 2 is 1.92 bits per heavy atom. The van der Waals surface area contributed by atoms with Crippen molar-refractivity contribution in [2.45, 2.75) is 26.8 Å². The number of halogens is 1. The molecule has 0 fully saturated rings. The summed E-state index contributed by atoms with van der Waals surface area (Å²) in [6.45, 7) is 6.28. The number of hydrogen-bond acceptors (Lipinski definition) is 3. The Balaban J connectivity index is 2.01. The van der Waals surface area contributed by atoms with Crippen molar-refractivity contribution in [2.75, 3.05) is 12.4 Å². The number of nitrogens with zero attached hydrogens (tertiary/aromatic N) is 1. The zero-order chi connectivity index (χ0) is 17.3. The molecule has 3 nitrogen and oxygen atoms in total. The summed E-state index contributed by atoms with van der Waals surface area (Å²) in [5.41, 5.74) is 5.42. The van der Waals surface area contributed by atoms with Crippen molar-refractivity contribution < 1.29 is 4.74 Å². The fourth-order valence-corrected chi connectivity index (χ4v) is 3.13. The van der Waals surface area contributed by atoms with E-state index in [9.17, 15) is 0 Å². The lowest BCUT2D eigenvalue weighted by molar-refractivity contribution is 0.419. The first-order valence-electron chi connectivity index (χ1n) is 7.96.